The van der Waals surface area contributed by atoms with Crippen molar-refractivity contribution in [2.45, 2.75) is 76.6 Å². The molecule has 2 N–H and O–H groups in total. The lowest BCUT2D eigenvalue weighted by molar-refractivity contribution is 0.175. The minimum atomic E-state index is -0.510. The van der Waals surface area contributed by atoms with Gasteiger partial charge >= 0.3 is 0 Å². The van der Waals surface area contributed by atoms with E-state index in [2.05, 4.69) is 54.5 Å². The molecule has 0 amide bonds. The maximum atomic E-state index is 10.8. The number of rotatable bonds is 5. The second-order valence-electron chi connectivity index (χ2n) is 9.51. The molecule has 0 aliphatic carbocycles. The number of phenolic OH excluding ortho intramolecular Hbond substituents is 1. The minimum absolute atomic E-state index is 0.0725. The summed E-state index contributed by atoms with van der Waals surface area (Å²) in [5, 5.41) is 20.8. The van der Waals surface area contributed by atoms with Gasteiger partial charge in [-0.15, -0.1) is 0 Å². The largest absolute Gasteiger partial charge is 0.506 e. The van der Waals surface area contributed by atoms with Crippen molar-refractivity contribution in [3.8, 4) is 11.5 Å². The molecule has 0 saturated carbocycles. The van der Waals surface area contributed by atoms with Crippen LogP contribution >= 0.6 is 11.8 Å². The van der Waals surface area contributed by atoms with E-state index in [4.69, 9.17) is 4.74 Å². The van der Waals surface area contributed by atoms with Crippen LogP contribution in [0.2, 0.25) is 0 Å². The third-order valence-corrected chi connectivity index (χ3v) is 5.71. The number of aliphatic hydroxyl groups is 1. The van der Waals surface area contributed by atoms with E-state index in [0.29, 0.717) is 0 Å². The molecule has 28 heavy (non-hydrogen) atoms. The first kappa shape index (κ1) is 22.6. The molecule has 0 saturated heterocycles. The van der Waals surface area contributed by atoms with Crippen LogP contribution in [0.4, 0.5) is 0 Å². The Morgan fingerprint density at radius 1 is 0.893 bits per heavy atom. The van der Waals surface area contributed by atoms with E-state index in [1.807, 2.05) is 31.2 Å². The number of hydrogen-bond acceptors (Lipinski definition) is 4. The third-order valence-electron chi connectivity index (χ3n) is 4.64. The lowest BCUT2D eigenvalue weighted by Crippen LogP contribution is -2.21. The lowest BCUT2D eigenvalue weighted by Gasteiger charge is -2.27. The maximum Gasteiger partial charge on any atom is 0.172 e. The lowest BCUT2D eigenvalue weighted by atomic mass is 9.85. The third kappa shape index (κ3) is 5.45. The summed E-state index contributed by atoms with van der Waals surface area (Å²) in [5.41, 5.74) is 3.51. The van der Waals surface area contributed by atoms with E-state index < -0.39 is 5.44 Å². The second kappa shape index (κ2) is 8.38. The van der Waals surface area contributed by atoms with Crippen LogP contribution in [0, 0.1) is 13.8 Å². The highest BCUT2D eigenvalue weighted by molar-refractivity contribution is 8.00. The van der Waals surface area contributed by atoms with Gasteiger partial charge in [0.1, 0.15) is 11.5 Å². The van der Waals surface area contributed by atoms with Crippen molar-refractivity contribution in [2.75, 3.05) is 6.61 Å². The SMILES string of the molecule is Cc1ccc(OC(CO)Sc2cc(C)cc(C(C)(C)C)c2O)c(C(C)(C)C)c1. The summed E-state index contributed by atoms with van der Waals surface area (Å²) >= 11 is 1.36. The molecule has 2 rings (SSSR count). The zero-order valence-corrected chi connectivity index (χ0v) is 19.2. The molecular formula is C24H34O3S. The molecule has 1 unspecified atom stereocenters. The summed E-state index contributed by atoms with van der Waals surface area (Å²) < 4.78 is 6.20. The van der Waals surface area contributed by atoms with Crippen LogP contribution in [-0.4, -0.2) is 22.3 Å². The van der Waals surface area contributed by atoms with Crippen molar-refractivity contribution >= 4 is 11.8 Å². The van der Waals surface area contributed by atoms with Gasteiger partial charge in [0.25, 0.3) is 0 Å². The van der Waals surface area contributed by atoms with Gasteiger partial charge in [0.15, 0.2) is 5.44 Å². The minimum Gasteiger partial charge on any atom is -0.506 e. The molecule has 2 aromatic rings. The Bertz CT molecular complexity index is 829. The van der Waals surface area contributed by atoms with E-state index >= 15 is 0 Å². The van der Waals surface area contributed by atoms with Crippen LogP contribution in [0.5, 0.6) is 11.5 Å². The fourth-order valence-electron chi connectivity index (χ4n) is 3.12. The Labute approximate surface area is 174 Å². The van der Waals surface area contributed by atoms with Crippen molar-refractivity contribution in [1.29, 1.82) is 0 Å². The molecule has 4 heteroatoms. The molecule has 3 nitrogen and oxygen atoms in total. The van der Waals surface area contributed by atoms with Crippen LogP contribution in [0.15, 0.2) is 35.2 Å². The smallest absolute Gasteiger partial charge is 0.172 e. The van der Waals surface area contributed by atoms with Gasteiger partial charge in [0.05, 0.1) is 11.5 Å². The Balaban J connectivity index is 2.36. The van der Waals surface area contributed by atoms with Crippen LogP contribution in [0.25, 0.3) is 0 Å². The standard InChI is InChI=1S/C24H34O3S/c1-15-9-10-19(17(11-15)23(3,4)5)27-21(14-25)28-20-13-16(2)12-18(22(20)26)24(6,7)8/h9-13,21,25-26H,14H2,1-8H3. The normalized spacial score (nSPS) is 13.5. The summed E-state index contributed by atoms with van der Waals surface area (Å²) in [7, 11) is 0. The Hall–Kier alpha value is -1.65. The van der Waals surface area contributed by atoms with Crippen LogP contribution in [0.3, 0.4) is 0 Å². The van der Waals surface area contributed by atoms with E-state index in [-0.39, 0.29) is 23.2 Å². The van der Waals surface area contributed by atoms with Crippen LogP contribution < -0.4 is 4.74 Å². The van der Waals surface area contributed by atoms with Crippen molar-refractivity contribution in [3.63, 3.8) is 0 Å². The van der Waals surface area contributed by atoms with Gasteiger partial charge < -0.3 is 14.9 Å². The highest BCUT2D eigenvalue weighted by Crippen LogP contribution is 2.41. The van der Waals surface area contributed by atoms with Gasteiger partial charge in [-0.3, -0.25) is 0 Å². The van der Waals surface area contributed by atoms with Gasteiger partial charge in [-0.25, -0.2) is 0 Å². The number of aliphatic hydroxyl groups excluding tert-OH is 1. The number of benzene rings is 2. The Morgan fingerprint density at radius 3 is 2.00 bits per heavy atom. The summed E-state index contributed by atoms with van der Waals surface area (Å²) in [6, 6.07) is 10.1. The molecule has 0 radical (unpaired) electrons. The first-order valence-electron chi connectivity index (χ1n) is 9.72. The molecule has 154 valence electrons. The van der Waals surface area contributed by atoms with Gasteiger partial charge in [0, 0.05) is 5.56 Å². The summed E-state index contributed by atoms with van der Waals surface area (Å²) in [5.74, 6) is 1.04. The number of ether oxygens (including phenoxy) is 1. The summed E-state index contributed by atoms with van der Waals surface area (Å²) in [6.07, 6.45) is 0. The number of aryl methyl sites for hydroxylation is 2. The molecular weight excluding hydrogens is 368 g/mol. The number of phenols is 1. The van der Waals surface area contributed by atoms with E-state index in [1.54, 1.807) is 0 Å². The molecule has 1 atom stereocenters. The molecule has 2 aromatic carbocycles. The molecule has 0 fully saturated rings. The monoisotopic (exact) mass is 402 g/mol. The topological polar surface area (TPSA) is 49.7 Å². The highest BCUT2D eigenvalue weighted by Gasteiger charge is 2.25. The Kier molecular flexibility index (Phi) is 6.78. The van der Waals surface area contributed by atoms with Crippen LogP contribution in [-0.2, 0) is 10.8 Å². The molecule has 0 heterocycles. The second-order valence-corrected chi connectivity index (χ2v) is 10.7. The molecule has 0 spiro atoms. The van der Waals surface area contributed by atoms with Gasteiger partial charge in [0.2, 0.25) is 0 Å². The average molecular weight is 403 g/mol. The molecule has 0 aromatic heterocycles. The molecule has 0 aliphatic heterocycles. The van der Waals surface area contributed by atoms with Crippen molar-refractivity contribution in [2.24, 2.45) is 0 Å². The quantitative estimate of drug-likeness (QED) is 0.469. The van der Waals surface area contributed by atoms with Gasteiger partial charge in [-0.05, 0) is 47.9 Å². The van der Waals surface area contributed by atoms with E-state index in [0.717, 1.165) is 27.3 Å². The van der Waals surface area contributed by atoms with Crippen molar-refractivity contribution < 1.29 is 14.9 Å². The Morgan fingerprint density at radius 2 is 1.46 bits per heavy atom. The molecule has 0 aliphatic rings. The number of aromatic hydroxyl groups is 1. The molecule has 0 bridgehead atoms. The van der Waals surface area contributed by atoms with Crippen molar-refractivity contribution in [1.82, 2.24) is 0 Å². The predicted octanol–water partition coefficient (Wildman–Crippen LogP) is 6.09. The van der Waals surface area contributed by atoms with Crippen molar-refractivity contribution in [3.05, 3.63) is 52.6 Å². The average Bonchev–Trinajstić information content (AvgIpc) is 2.56. The first-order valence-corrected chi connectivity index (χ1v) is 10.6. The fourth-order valence-corrected chi connectivity index (χ4v) is 4.11. The van der Waals surface area contributed by atoms with E-state index in [9.17, 15) is 10.2 Å². The van der Waals surface area contributed by atoms with Crippen LogP contribution in [0.1, 0.15) is 63.8 Å². The number of hydrogen-bond donors (Lipinski definition) is 2. The van der Waals surface area contributed by atoms with E-state index in [1.165, 1.54) is 17.3 Å². The number of thioether (sulfide) groups is 1. The predicted molar refractivity (Wildman–Crippen MR) is 119 cm³/mol. The zero-order chi connectivity index (χ0) is 21.3. The van der Waals surface area contributed by atoms with Gasteiger partial charge in [-0.1, -0.05) is 77.1 Å². The summed E-state index contributed by atoms with van der Waals surface area (Å²) in [4.78, 5) is 0.730. The van der Waals surface area contributed by atoms with Gasteiger partial charge in [-0.2, -0.15) is 0 Å². The highest BCUT2D eigenvalue weighted by atomic mass is 32.2. The summed E-state index contributed by atoms with van der Waals surface area (Å²) in [6.45, 7) is 16.6. The maximum absolute atomic E-state index is 10.8. The zero-order valence-electron chi connectivity index (χ0n) is 18.4. The fraction of sp³-hybridized carbons (Fsp3) is 0.500. The first-order chi connectivity index (χ1) is 12.8.